The topological polar surface area (TPSA) is 84.9 Å². The van der Waals surface area contributed by atoms with Crippen molar-refractivity contribution in [2.24, 2.45) is 5.92 Å². The first kappa shape index (κ1) is 15.6. The van der Waals surface area contributed by atoms with E-state index < -0.39 is 17.9 Å². The molecular weight excluding hydrogens is 226 g/mol. The molecule has 0 aromatic carbocycles. The molecule has 6 heteroatoms. The van der Waals surface area contributed by atoms with Gasteiger partial charge in [0.15, 0.2) is 0 Å². The van der Waals surface area contributed by atoms with Crippen LogP contribution in [0.4, 0.5) is 0 Å². The molecule has 0 fully saturated rings. The molecule has 1 atom stereocenters. The smallest absolute Gasteiger partial charge is 0.333 e. The predicted octanol–water partition coefficient (Wildman–Crippen LogP) is -0.523. The number of methoxy groups -OCH3 is 2. The van der Waals surface area contributed by atoms with Crippen molar-refractivity contribution in [2.45, 2.75) is 6.42 Å². The van der Waals surface area contributed by atoms with Crippen LogP contribution in [0.25, 0.3) is 0 Å². The zero-order valence-corrected chi connectivity index (χ0v) is 10.2. The molecule has 17 heavy (non-hydrogen) atoms. The number of carbonyl (C=O) groups excluding carboxylic acids is 2. The third-order valence-corrected chi connectivity index (χ3v) is 2.18. The van der Waals surface area contributed by atoms with Crippen molar-refractivity contribution in [3.8, 4) is 0 Å². The van der Waals surface area contributed by atoms with Crippen LogP contribution in [0.1, 0.15) is 6.42 Å². The Morgan fingerprint density at radius 2 is 2.00 bits per heavy atom. The summed E-state index contributed by atoms with van der Waals surface area (Å²) in [5, 5.41) is 11.5. The first-order chi connectivity index (χ1) is 8.06. The van der Waals surface area contributed by atoms with E-state index in [0.717, 1.165) is 0 Å². The first-order valence-electron chi connectivity index (χ1n) is 5.22. The van der Waals surface area contributed by atoms with Crippen LogP contribution in [0, 0.1) is 5.92 Å². The van der Waals surface area contributed by atoms with Gasteiger partial charge < -0.3 is 19.9 Å². The number of esters is 2. The van der Waals surface area contributed by atoms with E-state index in [2.05, 4.69) is 21.4 Å². The van der Waals surface area contributed by atoms with Gasteiger partial charge in [-0.15, -0.1) is 0 Å². The van der Waals surface area contributed by atoms with Gasteiger partial charge in [0.2, 0.25) is 0 Å². The van der Waals surface area contributed by atoms with E-state index in [1.165, 1.54) is 14.2 Å². The average Bonchev–Trinajstić information content (AvgIpc) is 2.35. The summed E-state index contributed by atoms with van der Waals surface area (Å²) in [6, 6.07) is 0. The Morgan fingerprint density at radius 3 is 2.47 bits per heavy atom. The molecule has 0 aromatic rings. The Kier molecular flexibility index (Phi) is 8.00. The van der Waals surface area contributed by atoms with Gasteiger partial charge >= 0.3 is 11.9 Å². The molecule has 0 aliphatic heterocycles. The van der Waals surface area contributed by atoms with Gasteiger partial charge in [-0.25, -0.2) is 4.79 Å². The molecule has 0 rings (SSSR count). The monoisotopic (exact) mass is 245 g/mol. The molecule has 0 bridgehead atoms. The fourth-order valence-corrected chi connectivity index (χ4v) is 1.29. The highest BCUT2D eigenvalue weighted by atomic mass is 16.5. The van der Waals surface area contributed by atoms with Gasteiger partial charge in [0.1, 0.15) is 0 Å². The number of hydrogen-bond acceptors (Lipinski definition) is 6. The van der Waals surface area contributed by atoms with E-state index in [1.54, 1.807) is 0 Å². The third-order valence-electron chi connectivity index (χ3n) is 2.18. The Hall–Kier alpha value is -1.40. The Bertz CT molecular complexity index is 277. The quantitative estimate of drug-likeness (QED) is 0.340. The standard InChI is InChI=1S/C11H19NO5/c1-8(10(14)16-2)6-9(11(15)17-3)7-12-4-5-13/h9,12-13H,1,4-7H2,2-3H3. The van der Waals surface area contributed by atoms with Crippen LogP contribution in [-0.4, -0.2) is 51.0 Å². The number of nitrogens with one attached hydrogen (secondary N) is 1. The number of aliphatic hydroxyl groups is 1. The normalized spacial score (nSPS) is 11.7. The van der Waals surface area contributed by atoms with E-state index in [1.807, 2.05) is 0 Å². The van der Waals surface area contributed by atoms with E-state index in [-0.39, 0.29) is 18.6 Å². The van der Waals surface area contributed by atoms with Crippen LogP contribution in [0.15, 0.2) is 12.2 Å². The van der Waals surface area contributed by atoms with Gasteiger partial charge in [0, 0.05) is 18.7 Å². The highest BCUT2D eigenvalue weighted by Crippen LogP contribution is 2.12. The van der Waals surface area contributed by atoms with Crippen molar-refractivity contribution in [1.82, 2.24) is 5.32 Å². The molecule has 0 saturated heterocycles. The molecule has 0 aliphatic carbocycles. The largest absolute Gasteiger partial charge is 0.469 e. The summed E-state index contributed by atoms with van der Waals surface area (Å²) in [5.41, 5.74) is 0.216. The number of ether oxygens (including phenoxy) is 2. The Morgan fingerprint density at radius 1 is 1.35 bits per heavy atom. The second-order valence-corrected chi connectivity index (χ2v) is 3.45. The molecule has 0 aromatic heterocycles. The SMILES string of the molecule is C=C(CC(CNCCO)C(=O)OC)C(=O)OC. The van der Waals surface area contributed by atoms with Crippen LogP contribution in [0.5, 0.6) is 0 Å². The molecular formula is C11H19NO5. The zero-order chi connectivity index (χ0) is 13.3. The molecule has 1 unspecified atom stereocenters. The molecule has 0 aliphatic rings. The number of carbonyl (C=O) groups is 2. The van der Waals surface area contributed by atoms with Gasteiger partial charge in [-0.1, -0.05) is 6.58 Å². The van der Waals surface area contributed by atoms with Crippen molar-refractivity contribution < 1.29 is 24.2 Å². The molecule has 0 spiro atoms. The summed E-state index contributed by atoms with van der Waals surface area (Å²) in [5.74, 6) is -1.49. The van der Waals surface area contributed by atoms with Gasteiger partial charge in [-0.3, -0.25) is 4.79 Å². The van der Waals surface area contributed by atoms with Crippen LogP contribution < -0.4 is 5.32 Å². The van der Waals surface area contributed by atoms with Crippen LogP contribution in [0.2, 0.25) is 0 Å². The summed E-state index contributed by atoms with van der Waals surface area (Å²) in [6.45, 7) is 4.21. The second-order valence-electron chi connectivity index (χ2n) is 3.45. The summed E-state index contributed by atoms with van der Waals surface area (Å²) in [7, 11) is 2.53. The zero-order valence-electron chi connectivity index (χ0n) is 10.2. The molecule has 2 N–H and O–H groups in total. The number of aliphatic hydroxyl groups excluding tert-OH is 1. The molecule has 98 valence electrons. The lowest BCUT2D eigenvalue weighted by atomic mass is 10.0. The maximum Gasteiger partial charge on any atom is 0.333 e. The van der Waals surface area contributed by atoms with Gasteiger partial charge in [0.05, 0.1) is 26.7 Å². The number of rotatable bonds is 8. The van der Waals surface area contributed by atoms with Gasteiger partial charge in [0.25, 0.3) is 0 Å². The van der Waals surface area contributed by atoms with Crippen molar-refractivity contribution >= 4 is 11.9 Å². The third kappa shape index (κ3) is 6.03. The second kappa shape index (κ2) is 8.72. The minimum Gasteiger partial charge on any atom is -0.469 e. The molecule has 0 saturated carbocycles. The molecule has 0 amide bonds. The fourth-order valence-electron chi connectivity index (χ4n) is 1.29. The van der Waals surface area contributed by atoms with E-state index in [0.29, 0.717) is 13.1 Å². The summed E-state index contributed by atoms with van der Waals surface area (Å²) < 4.78 is 9.12. The first-order valence-corrected chi connectivity index (χ1v) is 5.22. The molecule has 0 radical (unpaired) electrons. The molecule has 0 heterocycles. The Balaban J connectivity index is 4.33. The van der Waals surface area contributed by atoms with Crippen molar-refractivity contribution in [1.29, 1.82) is 0 Å². The lowest BCUT2D eigenvalue weighted by Crippen LogP contribution is -2.32. The highest BCUT2D eigenvalue weighted by Gasteiger charge is 2.22. The van der Waals surface area contributed by atoms with Crippen LogP contribution in [0.3, 0.4) is 0 Å². The predicted molar refractivity (Wildman–Crippen MR) is 61.2 cm³/mol. The van der Waals surface area contributed by atoms with Crippen molar-refractivity contribution in [2.75, 3.05) is 33.9 Å². The minimum absolute atomic E-state index is 0.0220. The minimum atomic E-state index is -0.541. The maximum atomic E-state index is 11.4. The van der Waals surface area contributed by atoms with Gasteiger partial charge in [-0.05, 0) is 6.42 Å². The van der Waals surface area contributed by atoms with Crippen molar-refractivity contribution in [3.05, 3.63) is 12.2 Å². The van der Waals surface area contributed by atoms with Crippen LogP contribution >= 0.6 is 0 Å². The lowest BCUT2D eigenvalue weighted by molar-refractivity contribution is -0.145. The molecule has 6 nitrogen and oxygen atoms in total. The van der Waals surface area contributed by atoms with E-state index in [4.69, 9.17) is 5.11 Å². The van der Waals surface area contributed by atoms with Gasteiger partial charge in [-0.2, -0.15) is 0 Å². The number of hydrogen-bond donors (Lipinski definition) is 2. The van der Waals surface area contributed by atoms with Crippen molar-refractivity contribution in [3.63, 3.8) is 0 Å². The summed E-state index contributed by atoms with van der Waals surface area (Å²) in [4.78, 5) is 22.6. The fraction of sp³-hybridized carbons (Fsp3) is 0.636. The van der Waals surface area contributed by atoms with Crippen LogP contribution in [-0.2, 0) is 19.1 Å². The summed E-state index contributed by atoms with van der Waals surface area (Å²) >= 11 is 0. The highest BCUT2D eigenvalue weighted by molar-refractivity contribution is 5.88. The average molecular weight is 245 g/mol. The maximum absolute atomic E-state index is 11.4. The van der Waals surface area contributed by atoms with E-state index in [9.17, 15) is 9.59 Å². The Labute approximate surface area is 101 Å². The van der Waals surface area contributed by atoms with E-state index >= 15 is 0 Å². The summed E-state index contributed by atoms with van der Waals surface area (Å²) in [6.07, 6.45) is 0.164. The lowest BCUT2D eigenvalue weighted by Gasteiger charge is -2.15.